The van der Waals surface area contributed by atoms with E-state index < -0.39 is 39.5 Å². The number of nitrogens with one attached hydrogen (secondary N) is 1. The molecular weight excluding hydrogens is 400 g/mol. The second-order valence-electron chi connectivity index (χ2n) is 5.65. The number of hydrogen-bond acceptors (Lipinski definition) is 6. The minimum Gasteiger partial charge on any atom is -0.347 e. The van der Waals surface area contributed by atoms with Crippen LogP contribution in [0, 0.1) is 0 Å². The number of halogens is 1. The lowest BCUT2D eigenvalue weighted by atomic mass is 10.2. The Morgan fingerprint density at radius 2 is 2.00 bits per heavy atom. The van der Waals surface area contributed by atoms with Crippen molar-refractivity contribution in [2.75, 3.05) is 12.3 Å². The van der Waals surface area contributed by atoms with Crippen molar-refractivity contribution in [1.29, 1.82) is 0 Å². The molecule has 0 bridgehead atoms. The molecule has 2 aliphatic rings. The van der Waals surface area contributed by atoms with Gasteiger partial charge in [-0.25, -0.2) is 8.42 Å². The van der Waals surface area contributed by atoms with Crippen molar-refractivity contribution in [3.05, 3.63) is 51.2 Å². The van der Waals surface area contributed by atoms with Gasteiger partial charge >= 0.3 is 0 Å². The highest BCUT2D eigenvalue weighted by Gasteiger charge is 2.36. The lowest BCUT2D eigenvalue weighted by Crippen LogP contribution is -2.43. The Hall–Kier alpha value is -2.10. The van der Waals surface area contributed by atoms with Crippen LogP contribution in [-0.4, -0.2) is 48.7 Å². The average molecular weight is 413 g/mol. The molecule has 1 fully saturated rings. The summed E-state index contributed by atoms with van der Waals surface area (Å²) in [5, 5.41) is 3.51. The third kappa shape index (κ3) is 4.35. The summed E-state index contributed by atoms with van der Waals surface area (Å²) in [5.41, 5.74) is 0.700. The number of thioether (sulfide) groups is 1. The Kier molecular flexibility index (Phi) is 5.22. The summed E-state index contributed by atoms with van der Waals surface area (Å²) in [6.45, 7) is -0.465. The first-order valence-electron chi connectivity index (χ1n) is 7.45. The Labute approximate surface area is 159 Å². The second-order valence-corrected chi connectivity index (χ2v) is 9.01. The second kappa shape index (κ2) is 7.26. The average Bonchev–Trinajstić information content (AvgIpc) is 3.03. The normalized spacial score (nSPS) is 23.0. The van der Waals surface area contributed by atoms with Gasteiger partial charge in [-0.05, 0) is 41.6 Å². The van der Waals surface area contributed by atoms with Crippen molar-refractivity contribution < 1.29 is 22.8 Å². The van der Waals surface area contributed by atoms with E-state index in [2.05, 4.69) is 5.32 Å². The minimum absolute atomic E-state index is 0.202. The van der Waals surface area contributed by atoms with Gasteiger partial charge in [-0.1, -0.05) is 23.7 Å². The lowest BCUT2D eigenvalue weighted by molar-refractivity contribution is -0.129. The van der Waals surface area contributed by atoms with Crippen molar-refractivity contribution in [2.24, 2.45) is 0 Å². The maximum Gasteiger partial charge on any atom is 0.294 e. The lowest BCUT2D eigenvalue weighted by Gasteiger charge is -2.14. The van der Waals surface area contributed by atoms with E-state index in [4.69, 9.17) is 11.6 Å². The van der Waals surface area contributed by atoms with Gasteiger partial charge in [0, 0.05) is 10.4 Å². The van der Waals surface area contributed by atoms with Gasteiger partial charge in [-0.2, -0.15) is 0 Å². The number of rotatable bonds is 4. The fourth-order valence-electron chi connectivity index (χ4n) is 2.41. The number of imide groups is 1. The van der Waals surface area contributed by atoms with E-state index in [1.165, 1.54) is 6.08 Å². The zero-order valence-electron chi connectivity index (χ0n) is 13.2. The van der Waals surface area contributed by atoms with Crippen LogP contribution in [0.5, 0.6) is 0 Å². The largest absolute Gasteiger partial charge is 0.347 e. The number of carbonyl (C=O) groups excluding carboxylic acids is 3. The standard InChI is InChI=1S/C16H13ClN2O5S2/c17-11-3-1-10(2-4-11)7-13-15(21)19(16(22)25-13)8-14(20)18-12-5-6-26(23,24)9-12/h1-7,12H,8-9H2,(H,18,20)/b13-7-. The highest BCUT2D eigenvalue weighted by Crippen LogP contribution is 2.32. The topological polar surface area (TPSA) is 101 Å². The van der Waals surface area contributed by atoms with Gasteiger partial charge < -0.3 is 5.32 Å². The molecular formula is C16H13ClN2O5S2. The number of sulfone groups is 1. The fourth-order valence-corrected chi connectivity index (χ4v) is 4.61. The van der Waals surface area contributed by atoms with Crippen LogP contribution >= 0.6 is 23.4 Å². The molecule has 1 aromatic carbocycles. The van der Waals surface area contributed by atoms with Gasteiger partial charge in [-0.3, -0.25) is 19.3 Å². The van der Waals surface area contributed by atoms with Gasteiger partial charge in [-0.15, -0.1) is 0 Å². The molecule has 1 aromatic rings. The van der Waals surface area contributed by atoms with Crippen molar-refractivity contribution in [2.45, 2.75) is 6.04 Å². The Bertz CT molecular complexity index is 938. The molecule has 3 amide bonds. The molecule has 1 saturated heterocycles. The van der Waals surface area contributed by atoms with Crippen molar-refractivity contribution in [3.63, 3.8) is 0 Å². The summed E-state index contributed by atoms with van der Waals surface area (Å²) in [6.07, 6.45) is 2.91. The van der Waals surface area contributed by atoms with Gasteiger partial charge in [0.15, 0.2) is 9.84 Å². The van der Waals surface area contributed by atoms with Gasteiger partial charge in [0.05, 0.1) is 16.7 Å². The number of amides is 3. The molecule has 0 spiro atoms. The first-order chi connectivity index (χ1) is 12.2. The summed E-state index contributed by atoms with van der Waals surface area (Å²) in [6, 6.07) is 6.07. The van der Waals surface area contributed by atoms with E-state index in [-0.39, 0.29) is 10.7 Å². The molecule has 2 heterocycles. The first-order valence-corrected chi connectivity index (χ1v) is 10.4. The van der Waals surface area contributed by atoms with Crippen LogP contribution < -0.4 is 5.32 Å². The molecule has 7 nitrogen and oxygen atoms in total. The zero-order chi connectivity index (χ0) is 18.9. The summed E-state index contributed by atoms with van der Waals surface area (Å²) in [7, 11) is -3.30. The maximum absolute atomic E-state index is 12.4. The van der Waals surface area contributed by atoms with Crippen LogP contribution in [0.2, 0.25) is 5.02 Å². The molecule has 136 valence electrons. The summed E-state index contributed by atoms with van der Waals surface area (Å²) >= 11 is 6.55. The molecule has 26 heavy (non-hydrogen) atoms. The predicted molar refractivity (Wildman–Crippen MR) is 99.0 cm³/mol. The summed E-state index contributed by atoms with van der Waals surface area (Å²) < 4.78 is 22.7. The Morgan fingerprint density at radius 1 is 1.31 bits per heavy atom. The predicted octanol–water partition coefficient (Wildman–Crippen LogP) is 1.80. The van der Waals surface area contributed by atoms with Crippen LogP contribution in [0.15, 0.2) is 40.7 Å². The van der Waals surface area contributed by atoms with E-state index >= 15 is 0 Å². The SMILES string of the molecule is O=C(CN1C(=O)S/C(=C\c2ccc(Cl)cc2)C1=O)NC1C=CS(=O)(=O)C1. The minimum atomic E-state index is -3.30. The fraction of sp³-hybridized carbons (Fsp3) is 0.188. The van der Waals surface area contributed by atoms with Crippen molar-refractivity contribution in [3.8, 4) is 0 Å². The van der Waals surface area contributed by atoms with E-state index in [1.807, 2.05) is 0 Å². The monoisotopic (exact) mass is 412 g/mol. The number of nitrogens with zero attached hydrogens (tertiary/aromatic N) is 1. The number of benzene rings is 1. The highest BCUT2D eigenvalue weighted by molar-refractivity contribution is 8.18. The molecule has 1 unspecified atom stereocenters. The van der Waals surface area contributed by atoms with Crippen molar-refractivity contribution >= 4 is 56.3 Å². The van der Waals surface area contributed by atoms with E-state index in [0.29, 0.717) is 10.6 Å². The number of carbonyl (C=O) groups is 3. The molecule has 0 radical (unpaired) electrons. The van der Waals surface area contributed by atoms with Gasteiger partial charge in [0.25, 0.3) is 11.1 Å². The molecule has 0 aliphatic carbocycles. The third-order valence-corrected chi connectivity index (χ3v) is 6.17. The van der Waals surface area contributed by atoms with Crippen LogP contribution in [-0.2, 0) is 19.4 Å². The molecule has 2 aliphatic heterocycles. The van der Waals surface area contributed by atoms with Gasteiger partial charge in [0.1, 0.15) is 6.54 Å². The van der Waals surface area contributed by atoms with Crippen LogP contribution in [0.25, 0.3) is 6.08 Å². The molecule has 10 heteroatoms. The number of hydrogen-bond donors (Lipinski definition) is 1. The molecule has 0 saturated carbocycles. The van der Waals surface area contributed by atoms with E-state index in [9.17, 15) is 22.8 Å². The van der Waals surface area contributed by atoms with E-state index in [1.54, 1.807) is 30.3 Å². The van der Waals surface area contributed by atoms with Crippen LogP contribution in [0.1, 0.15) is 5.56 Å². The third-order valence-electron chi connectivity index (χ3n) is 3.62. The first kappa shape index (κ1) is 18.7. The summed E-state index contributed by atoms with van der Waals surface area (Å²) in [4.78, 5) is 37.5. The van der Waals surface area contributed by atoms with Crippen LogP contribution in [0.3, 0.4) is 0 Å². The van der Waals surface area contributed by atoms with E-state index in [0.717, 1.165) is 22.1 Å². The van der Waals surface area contributed by atoms with Crippen LogP contribution in [0.4, 0.5) is 4.79 Å². The quantitative estimate of drug-likeness (QED) is 0.757. The molecule has 0 aromatic heterocycles. The molecule has 1 atom stereocenters. The highest BCUT2D eigenvalue weighted by atomic mass is 35.5. The smallest absolute Gasteiger partial charge is 0.294 e. The Balaban J connectivity index is 1.64. The van der Waals surface area contributed by atoms with Crippen molar-refractivity contribution in [1.82, 2.24) is 10.2 Å². The summed E-state index contributed by atoms with van der Waals surface area (Å²) in [5.74, 6) is -1.40. The molecule has 1 N–H and O–H groups in total. The van der Waals surface area contributed by atoms with Gasteiger partial charge in [0.2, 0.25) is 5.91 Å². The maximum atomic E-state index is 12.4. The zero-order valence-corrected chi connectivity index (χ0v) is 15.6. The Morgan fingerprint density at radius 3 is 2.62 bits per heavy atom. The molecule has 3 rings (SSSR count).